The molecule has 0 unspecified atom stereocenters. The quantitative estimate of drug-likeness (QED) is 0.722. The average Bonchev–Trinajstić information content (AvgIpc) is 2.39. The molecular formula is C16H21ClO2. The number of hydrogen-bond acceptors (Lipinski definition) is 2. The summed E-state index contributed by atoms with van der Waals surface area (Å²) >= 11 is 6.19. The minimum Gasteiger partial charge on any atom is -0.497 e. The summed E-state index contributed by atoms with van der Waals surface area (Å²) in [5.41, 5.74) is 3.79. The van der Waals surface area contributed by atoms with Gasteiger partial charge >= 0.3 is 0 Å². The van der Waals surface area contributed by atoms with Crippen LogP contribution < -0.4 is 4.74 Å². The van der Waals surface area contributed by atoms with Crippen LogP contribution in [0.15, 0.2) is 41.1 Å². The molecule has 0 aliphatic carbocycles. The first-order chi connectivity index (χ1) is 8.99. The van der Waals surface area contributed by atoms with E-state index >= 15 is 0 Å². The van der Waals surface area contributed by atoms with Crippen molar-refractivity contribution in [2.45, 2.75) is 32.8 Å². The Hall–Kier alpha value is -1.21. The molecule has 0 radical (unpaired) electrons. The van der Waals surface area contributed by atoms with E-state index in [-0.39, 0.29) is 0 Å². The highest BCUT2D eigenvalue weighted by Gasteiger charge is 2.21. The van der Waals surface area contributed by atoms with Gasteiger partial charge in [0.05, 0.1) is 12.1 Å². The molecule has 104 valence electrons. The molecular weight excluding hydrogens is 260 g/mol. The van der Waals surface area contributed by atoms with Crippen LogP contribution >= 0.6 is 11.6 Å². The summed E-state index contributed by atoms with van der Waals surface area (Å²) in [6, 6.07) is 7.94. The van der Waals surface area contributed by atoms with E-state index in [1.54, 1.807) is 7.11 Å². The fourth-order valence-electron chi connectivity index (χ4n) is 1.62. The largest absolute Gasteiger partial charge is 0.497 e. The molecule has 1 rings (SSSR count). The Morgan fingerprint density at radius 2 is 1.95 bits per heavy atom. The van der Waals surface area contributed by atoms with Crippen molar-refractivity contribution in [2.24, 2.45) is 0 Å². The van der Waals surface area contributed by atoms with Gasteiger partial charge in [0.25, 0.3) is 0 Å². The van der Waals surface area contributed by atoms with Crippen molar-refractivity contribution in [2.75, 3.05) is 13.7 Å². The second-order valence-corrected chi connectivity index (χ2v) is 5.04. The Labute approximate surface area is 120 Å². The fourth-order valence-corrected chi connectivity index (χ4v) is 1.75. The number of benzene rings is 1. The molecule has 0 atom stereocenters. The van der Waals surface area contributed by atoms with E-state index in [4.69, 9.17) is 21.1 Å². The lowest BCUT2D eigenvalue weighted by molar-refractivity contribution is 0.0250. The van der Waals surface area contributed by atoms with Crippen LogP contribution in [0.5, 0.6) is 5.75 Å². The molecule has 0 aromatic heterocycles. The lowest BCUT2D eigenvalue weighted by Crippen LogP contribution is -2.24. The number of methoxy groups -OCH3 is 1. The van der Waals surface area contributed by atoms with Crippen LogP contribution in [0, 0.1) is 0 Å². The molecule has 1 aromatic rings. The molecule has 1 aromatic carbocycles. The van der Waals surface area contributed by atoms with Crippen molar-refractivity contribution in [3.63, 3.8) is 0 Å². The van der Waals surface area contributed by atoms with Crippen molar-refractivity contribution < 1.29 is 9.47 Å². The first-order valence-electron chi connectivity index (χ1n) is 6.37. The SMILES string of the molecule is CCOC(C)(C)C(Cl)=C=CCc1ccc(OC)cc1. The molecule has 0 aliphatic heterocycles. The van der Waals surface area contributed by atoms with E-state index in [9.17, 15) is 0 Å². The third kappa shape index (κ3) is 5.12. The second-order valence-electron chi connectivity index (χ2n) is 4.66. The zero-order valence-corrected chi connectivity index (χ0v) is 12.8. The molecule has 0 spiro atoms. The van der Waals surface area contributed by atoms with Crippen LogP contribution in [0.4, 0.5) is 0 Å². The van der Waals surface area contributed by atoms with Crippen LogP contribution in [0.1, 0.15) is 26.3 Å². The second kappa shape index (κ2) is 7.40. The number of hydrogen-bond donors (Lipinski definition) is 0. The van der Waals surface area contributed by atoms with Gasteiger partial charge in [0.1, 0.15) is 11.4 Å². The molecule has 0 heterocycles. The average molecular weight is 281 g/mol. The molecule has 0 N–H and O–H groups in total. The summed E-state index contributed by atoms with van der Waals surface area (Å²) < 4.78 is 10.7. The molecule has 0 amide bonds. The zero-order valence-electron chi connectivity index (χ0n) is 12.0. The van der Waals surface area contributed by atoms with Gasteiger partial charge < -0.3 is 9.47 Å². The van der Waals surface area contributed by atoms with Gasteiger partial charge in [0.15, 0.2) is 0 Å². The Bertz CT molecular complexity index is 454. The molecule has 3 heteroatoms. The standard InChI is InChI=1S/C16H21ClO2/c1-5-19-16(2,3)15(17)8-6-7-13-9-11-14(18-4)12-10-13/h6,9-12H,5,7H2,1-4H3. The summed E-state index contributed by atoms with van der Waals surface area (Å²) in [5.74, 6) is 0.860. The maximum absolute atomic E-state index is 6.19. The van der Waals surface area contributed by atoms with E-state index in [0.717, 1.165) is 12.2 Å². The van der Waals surface area contributed by atoms with Crippen molar-refractivity contribution in [3.05, 3.63) is 46.7 Å². The number of ether oxygens (including phenoxy) is 2. The first kappa shape index (κ1) is 15.8. The van der Waals surface area contributed by atoms with E-state index < -0.39 is 5.60 Å². The Balaban J connectivity index is 2.70. The van der Waals surface area contributed by atoms with Crippen molar-refractivity contribution in [3.8, 4) is 5.75 Å². The molecule has 0 fully saturated rings. The Morgan fingerprint density at radius 1 is 1.32 bits per heavy atom. The Morgan fingerprint density at radius 3 is 2.47 bits per heavy atom. The lowest BCUT2D eigenvalue weighted by atomic mass is 10.1. The summed E-state index contributed by atoms with van der Waals surface area (Å²) in [6.45, 7) is 6.45. The van der Waals surface area contributed by atoms with E-state index in [1.165, 1.54) is 5.56 Å². The van der Waals surface area contributed by atoms with Gasteiger partial charge in [-0.05, 0) is 51.0 Å². The summed E-state index contributed by atoms with van der Waals surface area (Å²) in [5, 5.41) is 0.586. The van der Waals surface area contributed by atoms with Gasteiger partial charge in [-0.2, -0.15) is 0 Å². The third-order valence-electron chi connectivity index (χ3n) is 2.76. The topological polar surface area (TPSA) is 18.5 Å². The summed E-state index contributed by atoms with van der Waals surface area (Å²) in [7, 11) is 1.66. The minimum atomic E-state index is -0.479. The smallest absolute Gasteiger partial charge is 0.118 e. The van der Waals surface area contributed by atoms with Gasteiger partial charge in [-0.25, -0.2) is 0 Å². The first-order valence-corrected chi connectivity index (χ1v) is 6.75. The van der Waals surface area contributed by atoms with Crippen LogP contribution in [-0.2, 0) is 11.2 Å². The van der Waals surface area contributed by atoms with Gasteiger partial charge in [-0.3, -0.25) is 0 Å². The van der Waals surface area contributed by atoms with Gasteiger partial charge in [-0.15, -0.1) is 5.73 Å². The predicted molar refractivity (Wildman–Crippen MR) is 79.9 cm³/mol. The number of halogens is 1. The number of rotatable bonds is 6. The summed E-state index contributed by atoms with van der Waals surface area (Å²) in [6.07, 6.45) is 2.70. The predicted octanol–water partition coefficient (Wildman–Crippen LogP) is 4.33. The third-order valence-corrected chi connectivity index (χ3v) is 3.32. The molecule has 0 bridgehead atoms. The summed E-state index contributed by atoms with van der Waals surface area (Å²) in [4.78, 5) is 0. The lowest BCUT2D eigenvalue weighted by Gasteiger charge is -2.22. The Kier molecular flexibility index (Phi) is 6.17. The fraction of sp³-hybridized carbons (Fsp3) is 0.438. The van der Waals surface area contributed by atoms with Crippen LogP contribution in [-0.4, -0.2) is 19.3 Å². The normalized spacial score (nSPS) is 10.8. The van der Waals surface area contributed by atoms with Crippen LogP contribution in [0.3, 0.4) is 0 Å². The van der Waals surface area contributed by atoms with Crippen LogP contribution in [0.25, 0.3) is 0 Å². The maximum atomic E-state index is 6.19. The van der Waals surface area contributed by atoms with Gasteiger partial charge in [-0.1, -0.05) is 23.7 Å². The van der Waals surface area contributed by atoms with Crippen LogP contribution in [0.2, 0.25) is 0 Å². The van der Waals surface area contributed by atoms with Gasteiger partial charge in [0, 0.05) is 6.61 Å². The maximum Gasteiger partial charge on any atom is 0.118 e. The minimum absolute atomic E-state index is 0.479. The van der Waals surface area contributed by atoms with E-state index in [2.05, 4.69) is 5.73 Å². The molecule has 0 saturated heterocycles. The van der Waals surface area contributed by atoms with E-state index in [0.29, 0.717) is 11.6 Å². The van der Waals surface area contributed by atoms with Crippen molar-refractivity contribution >= 4 is 11.6 Å². The van der Waals surface area contributed by atoms with Gasteiger partial charge in [0.2, 0.25) is 0 Å². The highest BCUT2D eigenvalue weighted by molar-refractivity contribution is 6.30. The highest BCUT2D eigenvalue weighted by atomic mass is 35.5. The molecule has 2 nitrogen and oxygen atoms in total. The van der Waals surface area contributed by atoms with E-state index in [1.807, 2.05) is 51.1 Å². The van der Waals surface area contributed by atoms with Crippen molar-refractivity contribution in [1.29, 1.82) is 0 Å². The monoisotopic (exact) mass is 280 g/mol. The zero-order chi connectivity index (χ0) is 14.3. The highest BCUT2D eigenvalue weighted by Crippen LogP contribution is 2.23. The van der Waals surface area contributed by atoms with Crippen molar-refractivity contribution in [1.82, 2.24) is 0 Å². The molecule has 0 aliphatic rings. The molecule has 19 heavy (non-hydrogen) atoms. The molecule has 0 saturated carbocycles.